The van der Waals surface area contributed by atoms with Gasteiger partial charge in [-0.1, -0.05) is 0 Å². The third-order valence-corrected chi connectivity index (χ3v) is 4.92. The zero-order valence-corrected chi connectivity index (χ0v) is 17.2. The van der Waals surface area contributed by atoms with Crippen LogP contribution in [-0.4, -0.2) is 70.6 Å². The monoisotopic (exact) mass is 447 g/mol. The van der Waals surface area contributed by atoms with Crippen LogP contribution in [0.4, 0.5) is 5.82 Å². The van der Waals surface area contributed by atoms with Crippen LogP contribution < -0.4 is 5.32 Å². The van der Waals surface area contributed by atoms with Gasteiger partial charge in [0, 0.05) is 35.5 Å². The Morgan fingerprint density at radius 2 is 2.00 bits per heavy atom. The van der Waals surface area contributed by atoms with Crippen LogP contribution in [0.3, 0.4) is 0 Å². The average Bonchev–Trinajstić information content (AvgIpc) is 3.35. The highest BCUT2D eigenvalue weighted by Gasteiger charge is 2.22. The lowest BCUT2D eigenvalue weighted by Gasteiger charge is -2.15. The normalized spacial score (nSPS) is 13.8. The lowest BCUT2D eigenvalue weighted by atomic mass is 10.2. The van der Waals surface area contributed by atoms with Crippen molar-refractivity contribution in [3.63, 3.8) is 0 Å². The third kappa shape index (κ3) is 5.26. The number of anilines is 1. The lowest BCUT2D eigenvalue weighted by Crippen LogP contribution is -2.34. The standard InChI is InChI=1S/C19H22BrN5O3/c1-24(12-18(27)23-17-5-4-14(20)10-22-17)11-16(26)13-8-15(21-9-13)19(28)25-6-2-3-7-25/h4-5,8-10,21H,2-3,6-7,11-12H2,1H3,(H,22,23,27). The summed E-state index contributed by atoms with van der Waals surface area (Å²) < 4.78 is 0.822. The van der Waals surface area contributed by atoms with Crippen molar-refractivity contribution in [2.45, 2.75) is 12.8 Å². The van der Waals surface area contributed by atoms with Gasteiger partial charge in [0.25, 0.3) is 5.91 Å². The van der Waals surface area contributed by atoms with E-state index in [0.717, 1.165) is 30.4 Å². The van der Waals surface area contributed by atoms with E-state index in [1.54, 1.807) is 47.4 Å². The number of rotatable bonds is 7. The van der Waals surface area contributed by atoms with E-state index < -0.39 is 0 Å². The van der Waals surface area contributed by atoms with Gasteiger partial charge in [-0.25, -0.2) is 4.98 Å². The Bertz CT molecular complexity index is 859. The Balaban J connectivity index is 1.50. The van der Waals surface area contributed by atoms with E-state index in [4.69, 9.17) is 0 Å². The Kier molecular flexibility index (Phi) is 6.58. The van der Waals surface area contributed by atoms with Gasteiger partial charge in [0.2, 0.25) is 5.91 Å². The zero-order valence-electron chi connectivity index (χ0n) is 15.6. The van der Waals surface area contributed by atoms with E-state index in [-0.39, 0.29) is 30.7 Å². The number of aromatic amines is 1. The fourth-order valence-corrected chi connectivity index (χ4v) is 3.27. The van der Waals surface area contributed by atoms with Gasteiger partial charge >= 0.3 is 0 Å². The van der Waals surface area contributed by atoms with Crippen molar-refractivity contribution in [3.05, 3.63) is 46.3 Å². The number of likely N-dealkylation sites (N-methyl/N-ethyl adjacent to an activating group) is 1. The van der Waals surface area contributed by atoms with Crippen molar-refractivity contribution in [1.29, 1.82) is 0 Å². The predicted octanol–water partition coefficient (Wildman–Crippen LogP) is 2.16. The van der Waals surface area contributed by atoms with Crippen molar-refractivity contribution < 1.29 is 14.4 Å². The summed E-state index contributed by atoms with van der Waals surface area (Å²) in [6.45, 7) is 1.63. The molecule has 0 radical (unpaired) electrons. The minimum atomic E-state index is -0.260. The molecule has 1 aliphatic heterocycles. The second-order valence-corrected chi connectivity index (χ2v) is 7.72. The first-order valence-corrected chi connectivity index (χ1v) is 9.82. The molecule has 0 aliphatic carbocycles. The largest absolute Gasteiger partial charge is 0.356 e. The van der Waals surface area contributed by atoms with Gasteiger partial charge in [-0.2, -0.15) is 0 Å². The fraction of sp³-hybridized carbons (Fsp3) is 0.368. The molecule has 3 rings (SSSR count). The van der Waals surface area contributed by atoms with Gasteiger partial charge in [-0.3, -0.25) is 19.3 Å². The number of Topliss-reactive ketones (excluding diaryl/α,β-unsaturated/α-hetero) is 1. The summed E-state index contributed by atoms with van der Waals surface area (Å²) in [5.74, 6) is -0.0483. The molecule has 2 aromatic heterocycles. The molecule has 148 valence electrons. The highest BCUT2D eigenvalue weighted by atomic mass is 79.9. The van der Waals surface area contributed by atoms with Gasteiger partial charge in [0.1, 0.15) is 11.5 Å². The number of ketones is 1. The van der Waals surface area contributed by atoms with Crippen molar-refractivity contribution in [1.82, 2.24) is 19.8 Å². The van der Waals surface area contributed by atoms with Crippen LogP contribution in [0.2, 0.25) is 0 Å². The van der Waals surface area contributed by atoms with E-state index in [9.17, 15) is 14.4 Å². The molecule has 28 heavy (non-hydrogen) atoms. The van der Waals surface area contributed by atoms with Crippen LogP contribution in [0.15, 0.2) is 35.1 Å². The Morgan fingerprint density at radius 1 is 1.25 bits per heavy atom. The lowest BCUT2D eigenvalue weighted by molar-refractivity contribution is -0.116. The molecule has 0 spiro atoms. The topological polar surface area (TPSA) is 98.4 Å². The first-order chi connectivity index (χ1) is 13.4. The molecule has 0 saturated carbocycles. The quantitative estimate of drug-likeness (QED) is 0.633. The molecule has 1 fully saturated rings. The maximum atomic E-state index is 12.5. The van der Waals surface area contributed by atoms with Crippen LogP contribution >= 0.6 is 15.9 Å². The van der Waals surface area contributed by atoms with Gasteiger partial charge in [0.05, 0.1) is 13.1 Å². The number of nitrogens with one attached hydrogen (secondary N) is 2. The van der Waals surface area contributed by atoms with Crippen molar-refractivity contribution in [2.75, 3.05) is 38.5 Å². The summed E-state index contributed by atoms with van der Waals surface area (Å²) >= 11 is 3.28. The number of H-pyrrole nitrogens is 1. The minimum Gasteiger partial charge on any atom is -0.356 e. The summed E-state index contributed by atoms with van der Waals surface area (Å²) in [5.41, 5.74) is 0.858. The summed E-state index contributed by atoms with van der Waals surface area (Å²) in [6.07, 6.45) is 5.17. The number of hydrogen-bond donors (Lipinski definition) is 2. The summed E-state index contributed by atoms with van der Waals surface area (Å²) in [5, 5.41) is 2.68. The van der Waals surface area contributed by atoms with Gasteiger partial charge in [0.15, 0.2) is 5.78 Å². The van der Waals surface area contributed by atoms with E-state index in [1.165, 1.54) is 0 Å². The molecule has 8 nitrogen and oxygen atoms in total. The van der Waals surface area contributed by atoms with Crippen LogP contribution in [0.5, 0.6) is 0 Å². The van der Waals surface area contributed by atoms with Gasteiger partial charge < -0.3 is 15.2 Å². The van der Waals surface area contributed by atoms with Gasteiger partial charge in [-0.15, -0.1) is 0 Å². The molecule has 0 atom stereocenters. The molecule has 2 N–H and O–H groups in total. The maximum absolute atomic E-state index is 12.5. The number of aromatic nitrogens is 2. The molecule has 1 aliphatic rings. The molecule has 2 aromatic rings. The second-order valence-electron chi connectivity index (χ2n) is 6.81. The van der Waals surface area contributed by atoms with E-state index in [2.05, 4.69) is 31.2 Å². The number of pyridine rings is 1. The van der Waals surface area contributed by atoms with Crippen LogP contribution in [0, 0.1) is 0 Å². The predicted molar refractivity (Wildman–Crippen MR) is 108 cm³/mol. The molecule has 0 aromatic carbocycles. The SMILES string of the molecule is CN(CC(=O)Nc1ccc(Br)cn1)CC(=O)c1c[nH]c(C(=O)N2CCCC2)c1. The fourth-order valence-electron chi connectivity index (χ4n) is 3.04. The zero-order chi connectivity index (χ0) is 20.1. The van der Waals surface area contributed by atoms with Crippen LogP contribution in [-0.2, 0) is 4.79 Å². The highest BCUT2D eigenvalue weighted by molar-refractivity contribution is 9.10. The highest BCUT2D eigenvalue weighted by Crippen LogP contribution is 2.14. The first-order valence-electron chi connectivity index (χ1n) is 9.03. The molecule has 1 saturated heterocycles. The smallest absolute Gasteiger partial charge is 0.270 e. The van der Waals surface area contributed by atoms with Crippen molar-refractivity contribution in [2.24, 2.45) is 0 Å². The molecule has 9 heteroatoms. The number of amides is 2. The number of likely N-dealkylation sites (tertiary alicyclic amines) is 1. The molecule has 2 amide bonds. The molecule has 0 unspecified atom stereocenters. The second kappa shape index (κ2) is 9.11. The Morgan fingerprint density at radius 3 is 2.68 bits per heavy atom. The van der Waals surface area contributed by atoms with E-state index in [1.807, 2.05) is 0 Å². The number of halogens is 1. The summed E-state index contributed by atoms with van der Waals surface area (Å²) in [7, 11) is 1.69. The number of nitrogens with zero attached hydrogens (tertiary/aromatic N) is 3. The molecular weight excluding hydrogens is 426 g/mol. The first kappa shape index (κ1) is 20.2. The van der Waals surface area contributed by atoms with Crippen LogP contribution in [0.25, 0.3) is 0 Å². The number of carbonyl (C=O) groups is 3. The number of carbonyl (C=O) groups excluding carboxylic acids is 3. The van der Waals surface area contributed by atoms with E-state index in [0.29, 0.717) is 17.1 Å². The number of hydrogen-bond acceptors (Lipinski definition) is 5. The maximum Gasteiger partial charge on any atom is 0.270 e. The van der Waals surface area contributed by atoms with Crippen molar-refractivity contribution >= 4 is 39.3 Å². The summed E-state index contributed by atoms with van der Waals surface area (Å²) in [6, 6.07) is 5.05. The average molecular weight is 448 g/mol. The molecular formula is C19H22BrN5O3. The molecule has 0 bridgehead atoms. The minimum absolute atomic E-state index is 0.0491. The van der Waals surface area contributed by atoms with Crippen molar-refractivity contribution in [3.8, 4) is 0 Å². The summed E-state index contributed by atoms with van der Waals surface area (Å²) in [4.78, 5) is 47.3. The Hall–Kier alpha value is -2.52. The van der Waals surface area contributed by atoms with Gasteiger partial charge in [-0.05, 0) is 54.0 Å². The van der Waals surface area contributed by atoms with E-state index >= 15 is 0 Å². The van der Waals surface area contributed by atoms with Crippen LogP contribution in [0.1, 0.15) is 33.7 Å². The molecule has 3 heterocycles. The Labute approximate surface area is 171 Å². The third-order valence-electron chi connectivity index (χ3n) is 4.45.